The molecule has 0 atom stereocenters. The molecule has 0 spiro atoms. The Balaban J connectivity index is 1.63. The van der Waals surface area contributed by atoms with Gasteiger partial charge >= 0.3 is 12.1 Å². The SMILES string of the molecule is CCOC(=O)N1CCN(C(=O)NCCOc2ccc(CC)cc2)CC1. The molecule has 1 aliphatic heterocycles. The molecular weight excluding hydrogens is 322 g/mol. The average molecular weight is 349 g/mol. The van der Waals surface area contributed by atoms with Crippen LogP contribution in [0.1, 0.15) is 19.4 Å². The number of rotatable bonds is 6. The third kappa shape index (κ3) is 5.85. The van der Waals surface area contributed by atoms with Crippen LogP contribution in [0, 0.1) is 0 Å². The predicted molar refractivity (Wildman–Crippen MR) is 94.9 cm³/mol. The van der Waals surface area contributed by atoms with Crippen molar-refractivity contribution in [1.29, 1.82) is 0 Å². The summed E-state index contributed by atoms with van der Waals surface area (Å²) in [5, 5.41) is 2.84. The molecule has 138 valence electrons. The Hall–Kier alpha value is -2.44. The van der Waals surface area contributed by atoms with Gasteiger partial charge in [-0.1, -0.05) is 19.1 Å². The first-order valence-corrected chi connectivity index (χ1v) is 8.80. The van der Waals surface area contributed by atoms with Crippen molar-refractivity contribution in [2.75, 3.05) is 45.9 Å². The number of carbonyl (C=O) groups excluding carboxylic acids is 2. The molecular formula is C18H27N3O4. The lowest BCUT2D eigenvalue weighted by molar-refractivity contribution is 0.0851. The highest BCUT2D eigenvalue weighted by Gasteiger charge is 2.24. The van der Waals surface area contributed by atoms with Gasteiger partial charge in [-0.25, -0.2) is 9.59 Å². The summed E-state index contributed by atoms with van der Waals surface area (Å²) in [7, 11) is 0. The van der Waals surface area contributed by atoms with Crippen molar-refractivity contribution in [3.05, 3.63) is 29.8 Å². The summed E-state index contributed by atoms with van der Waals surface area (Å²) < 4.78 is 10.6. The molecule has 1 heterocycles. The fourth-order valence-corrected chi connectivity index (χ4v) is 2.57. The van der Waals surface area contributed by atoms with Crippen molar-refractivity contribution in [3.8, 4) is 5.75 Å². The van der Waals surface area contributed by atoms with Crippen LogP contribution in [0.15, 0.2) is 24.3 Å². The molecule has 0 aliphatic carbocycles. The van der Waals surface area contributed by atoms with Gasteiger partial charge < -0.3 is 24.6 Å². The summed E-state index contributed by atoms with van der Waals surface area (Å²) >= 11 is 0. The van der Waals surface area contributed by atoms with Crippen molar-refractivity contribution in [2.24, 2.45) is 0 Å². The first kappa shape index (κ1) is 18.9. The lowest BCUT2D eigenvalue weighted by atomic mass is 10.2. The molecule has 0 radical (unpaired) electrons. The second-order valence-corrected chi connectivity index (χ2v) is 5.75. The molecule has 1 saturated heterocycles. The van der Waals surface area contributed by atoms with E-state index in [4.69, 9.17) is 9.47 Å². The Morgan fingerprint density at radius 3 is 2.28 bits per heavy atom. The van der Waals surface area contributed by atoms with Gasteiger partial charge in [0, 0.05) is 26.2 Å². The van der Waals surface area contributed by atoms with E-state index in [1.165, 1.54) is 5.56 Å². The van der Waals surface area contributed by atoms with Crippen molar-refractivity contribution >= 4 is 12.1 Å². The van der Waals surface area contributed by atoms with E-state index in [1.807, 2.05) is 24.3 Å². The second kappa shape index (κ2) is 9.76. The van der Waals surface area contributed by atoms with E-state index in [-0.39, 0.29) is 12.1 Å². The van der Waals surface area contributed by atoms with Crippen LogP contribution in [0.5, 0.6) is 5.75 Å². The summed E-state index contributed by atoms with van der Waals surface area (Å²) in [6.07, 6.45) is 0.685. The number of carbonyl (C=O) groups is 2. The maximum absolute atomic E-state index is 12.1. The van der Waals surface area contributed by atoms with Gasteiger partial charge in [-0.05, 0) is 31.0 Å². The molecule has 1 aromatic rings. The van der Waals surface area contributed by atoms with Crippen LogP contribution in [-0.4, -0.2) is 67.9 Å². The molecule has 7 nitrogen and oxygen atoms in total. The van der Waals surface area contributed by atoms with Gasteiger partial charge in [0.05, 0.1) is 13.2 Å². The Bertz CT molecular complexity index is 554. The van der Waals surface area contributed by atoms with Gasteiger partial charge in [-0.3, -0.25) is 0 Å². The first-order valence-electron chi connectivity index (χ1n) is 8.80. The van der Waals surface area contributed by atoms with E-state index in [0.717, 1.165) is 12.2 Å². The largest absolute Gasteiger partial charge is 0.492 e. The van der Waals surface area contributed by atoms with Crippen LogP contribution in [-0.2, 0) is 11.2 Å². The molecule has 0 saturated carbocycles. The van der Waals surface area contributed by atoms with E-state index < -0.39 is 0 Å². The van der Waals surface area contributed by atoms with Gasteiger partial charge in [0.15, 0.2) is 0 Å². The molecule has 0 unspecified atom stereocenters. The lowest BCUT2D eigenvalue weighted by Gasteiger charge is -2.33. The zero-order valence-electron chi connectivity index (χ0n) is 15.0. The second-order valence-electron chi connectivity index (χ2n) is 5.75. The third-order valence-electron chi connectivity index (χ3n) is 4.07. The van der Waals surface area contributed by atoms with Crippen LogP contribution in [0.2, 0.25) is 0 Å². The fraction of sp³-hybridized carbons (Fsp3) is 0.556. The minimum absolute atomic E-state index is 0.131. The fourth-order valence-electron chi connectivity index (χ4n) is 2.57. The van der Waals surface area contributed by atoms with Crippen molar-refractivity contribution < 1.29 is 19.1 Å². The molecule has 7 heteroatoms. The first-order chi connectivity index (χ1) is 12.1. The minimum atomic E-state index is -0.315. The van der Waals surface area contributed by atoms with Crippen LogP contribution in [0.25, 0.3) is 0 Å². The maximum Gasteiger partial charge on any atom is 0.409 e. The molecule has 3 amide bonds. The molecule has 1 aliphatic rings. The number of benzene rings is 1. The number of nitrogens with one attached hydrogen (secondary N) is 1. The average Bonchev–Trinajstić information content (AvgIpc) is 2.66. The highest BCUT2D eigenvalue weighted by Crippen LogP contribution is 2.12. The normalized spacial score (nSPS) is 14.2. The van der Waals surface area contributed by atoms with Gasteiger partial charge in [-0.2, -0.15) is 0 Å². The van der Waals surface area contributed by atoms with E-state index in [0.29, 0.717) is 45.9 Å². The molecule has 25 heavy (non-hydrogen) atoms. The number of hydrogen-bond acceptors (Lipinski definition) is 4. The number of piperazine rings is 1. The Kier molecular flexibility index (Phi) is 7.37. The highest BCUT2D eigenvalue weighted by molar-refractivity contribution is 5.75. The topological polar surface area (TPSA) is 71.1 Å². The Morgan fingerprint density at radius 2 is 1.68 bits per heavy atom. The number of amides is 3. The van der Waals surface area contributed by atoms with E-state index in [1.54, 1.807) is 16.7 Å². The monoisotopic (exact) mass is 349 g/mol. The van der Waals surface area contributed by atoms with Gasteiger partial charge in [-0.15, -0.1) is 0 Å². The van der Waals surface area contributed by atoms with Crippen LogP contribution >= 0.6 is 0 Å². The summed E-state index contributed by atoms with van der Waals surface area (Å²) in [5.74, 6) is 0.800. The van der Waals surface area contributed by atoms with Gasteiger partial charge in [0.2, 0.25) is 0 Å². The molecule has 2 rings (SSSR count). The lowest BCUT2D eigenvalue weighted by Crippen LogP contribution is -2.53. The van der Waals surface area contributed by atoms with E-state index in [9.17, 15) is 9.59 Å². The van der Waals surface area contributed by atoms with Crippen molar-refractivity contribution in [2.45, 2.75) is 20.3 Å². The summed E-state index contributed by atoms with van der Waals surface area (Å²) in [6, 6.07) is 7.83. The zero-order chi connectivity index (χ0) is 18.1. The Morgan fingerprint density at radius 1 is 1.04 bits per heavy atom. The summed E-state index contributed by atoms with van der Waals surface area (Å²) in [6.45, 7) is 7.10. The number of aryl methyl sites for hydroxylation is 1. The number of nitrogens with zero attached hydrogens (tertiary/aromatic N) is 2. The van der Waals surface area contributed by atoms with Crippen molar-refractivity contribution in [3.63, 3.8) is 0 Å². The van der Waals surface area contributed by atoms with Crippen molar-refractivity contribution in [1.82, 2.24) is 15.1 Å². The van der Waals surface area contributed by atoms with Crippen LogP contribution in [0.3, 0.4) is 0 Å². The number of urea groups is 1. The van der Waals surface area contributed by atoms with Crippen LogP contribution < -0.4 is 10.1 Å². The predicted octanol–water partition coefficient (Wildman–Crippen LogP) is 2.11. The molecule has 0 bridgehead atoms. The molecule has 0 aromatic heterocycles. The van der Waals surface area contributed by atoms with Crippen LogP contribution in [0.4, 0.5) is 9.59 Å². The summed E-state index contributed by atoms with van der Waals surface area (Å²) in [4.78, 5) is 27.1. The molecule has 1 fully saturated rings. The maximum atomic E-state index is 12.1. The smallest absolute Gasteiger partial charge is 0.409 e. The van der Waals surface area contributed by atoms with Gasteiger partial charge in [0.1, 0.15) is 12.4 Å². The summed E-state index contributed by atoms with van der Waals surface area (Å²) in [5.41, 5.74) is 1.27. The standard InChI is InChI=1S/C18H27N3O4/c1-3-15-5-7-16(8-6-15)25-14-9-19-17(22)20-10-12-21(13-11-20)18(23)24-4-2/h5-8H,3-4,9-14H2,1-2H3,(H,19,22). The van der Waals surface area contributed by atoms with Gasteiger partial charge in [0.25, 0.3) is 0 Å². The van der Waals surface area contributed by atoms with E-state index >= 15 is 0 Å². The Labute approximate surface area is 148 Å². The number of ether oxygens (including phenoxy) is 2. The number of hydrogen-bond donors (Lipinski definition) is 1. The zero-order valence-corrected chi connectivity index (χ0v) is 15.0. The van der Waals surface area contributed by atoms with E-state index in [2.05, 4.69) is 12.2 Å². The quantitative estimate of drug-likeness (QED) is 0.799. The highest BCUT2D eigenvalue weighted by atomic mass is 16.6. The molecule has 1 aromatic carbocycles. The minimum Gasteiger partial charge on any atom is -0.492 e. The third-order valence-corrected chi connectivity index (χ3v) is 4.07. The molecule has 1 N–H and O–H groups in total.